The molecule has 5 aromatic rings. The molecule has 2 amide bonds. The fourth-order valence-electron chi connectivity index (χ4n) is 5.55. The molecule has 4 aromatic carbocycles. The minimum Gasteiger partial charge on any atom is -0.457 e. The highest BCUT2D eigenvalue weighted by molar-refractivity contribution is 7.92. The van der Waals surface area contributed by atoms with Crippen LogP contribution in [0.15, 0.2) is 89.3 Å². The molecule has 0 bridgehead atoms. The predicted molar refractivity (Wildman–Crippen MR) is 191 cm³/mol. The molecule has 9 nitrogen and oxygen atoms in total. The maximum atomic E-state index is 13.4. The fraction of sp³-hybridized carbons (Fsp3) is 0.263. The minimum absolute atomic E-state index is 0.153. The highest BCUT2D eigenvalue weighted by atomic mass is 32.2. The number of anilines is 1. The second kappa shape index (κ2) is 13.6. The number of hydrogen-bond acceptors (Lipinski definition) is 6. The molecule has 0 aliphatic rings. The average molecular weight is 668 g/mol. The van der Waals surface area contributed by atoms with E-state index >= 15 is 0 Å². The van der Waals surface area contributed by atoms with Gasteiger partial charge in [-0.1, -0.05) is 31.2 Å². The number of carbonyl (C=O) groups excluding carboxylic acids is 2. The number of nitrogens with zero attached hydrogens (tertiary/aromatic N) is 1. The van der Waals surface area contributed by atoms with Gasteiger partial charge in [-0.05, 0) is 99.8 Å². The highest BCUT2D eigenvalue weighted by Crippen LogP contribution is 2.42. The number of carbonyl (C=O) groups is 2. The maximum Gasteiger partial charge on any atom is 0.255 e. The maximum absolute atomic E-state index is 13.4. The van der Waals surface area contributed by atoms with E-state index in [0.717, 1.165) is 12.7 Å². The lowest BCUT2D eigenvalue weighted by atomic mass is 9.97. The van der Waals surface area contributed by atoms with Gasteiger partial charge in [-0.3, -0.25) is 13.9 Å². The van der Waals surface area contributed by atoms with Crippen molar-refractivity contribution >= 4 is 38.5 Å². The molecule has 0 saturated heterocycles. The lowest BCUT2D eigenvalue weighted by Crippen LogP contribution is -2.40. The van der Waals surface area contributed by atoms with Gasteiger partial charge in [-0.15, -0.1) is 0 Å². The number of sulfonamides is 1. The Hall–Kier alpha value is -5.09. The summed E-state index contributed by atoms with van der Waals surface area (Å²) in [6.45, 7) is 9.68. The molecular weight excluding hydrogens is 627 g/mol. The number of aryl methyl sites for hydroxylation is 1. The summed E-state index contributed by atoms with van der Waals surface area (Å²) in [5, 5.41) is 6.18. The largest absolute Gasteiger partial charge is 0.457 e. The fourth-order valence-corrected chi connectivity index (χ4v) is 6.53. The van der Waals surface area contributed by atoms with E-state index in [9.17, 15) is 18.0 Å². The Bertz CT molecular complexity index is 2080. The van der Waals surface area contributed by atoms with Gasteiger partial charge < -0.3 is 19.8 Å². The molecule has 250 valence electrons. The predicted octanol–water partition coefficient (Wildman–Crippen LogP) is 7.80. The molecule has 0 atom stereocenters. The quantitative estimate of drug-likeness (QED) is 0.157. The van der Waals surface area contributed by atoms with Crippen molar-refractivity contribution in [1.82, 2.24) is 10.6 Å². The van der Waals surface area contributed by atoms with Crippen molar-refractivity contribution in [1.29, 1.82) is 0 Å². The zero-order valence-corrected chi connectivity index (χ0v) is 29.1. The highest BCUT2D eigenvalue weighted by Gasteiger charge is 2.27. The van der Waals surface area contributed by atoms with E-state index in [4.69, 9.17) is 9.15 Å². The summed E-state index contributed by atoms with van der Waals surface area (Å²) in [4.78, 5) is 26.5. The van der Waals surface area contributed by atoms with Gasteiger partial charge in [-0.2, -0.15) is 0 Å². The molecule has 48 heavy (non-hydrogen) atoms. The lowest BCUT2D eigenvalue weighted by molar-refractivity contribution is 0.0918. The molecule has 0 aliphatic carbocycles. The number of fused-ring (bicyclic) bond motifs is 1. The third kappa shape index (κ3) is 7.39. The summed E-state index contributed by atoms with van der Waals surface area (Å²) in [6.07, 6.45) is 2.08. The van der Waals surface area contributed by atoms with Gasteiger partial charge in [0.25, 0.3) is 11.8 Å². The molecule has 0 radical (unpaired) electrons. The summed E-state index contributed by atoms with van der Waals surface area (Å²) in [7, 11) is -2.17. The van der Waals surface area contributed by atoms with Crippen molar-refractivity contribution in [2.24, 2.45) is 0 Å². The summed E-state index contributed by atoms with van der Waals surface area (Å²) >= 11 is 0. The molecule has 0 saturated carbocycles. The number of furan rings is 1. The number of amides is 2. The lowest BCUT2D eigenvalue weighted by Gasteiger charge is -2.24. The van der Waals surface area contributed by atoms with Gasteiger partial charge in [0.05, 0.1) is 17.5 Å². The molecular formula is C38H41N3O6S. The number of hydrogen-bond donors (Lipinski definition) is 2. The Labute approximate surface area is 282 Å². The molecule has 1 heterocycles. The van der Waals surface area contributed by atoms with Crippen LogP contribution >= 0.6 is 0 Å². The third-order valence-corrected chi connectivity index (χ3v) is 9.08. The van der Waals surface area contributed by atoms with Crippen LogP contribution in [0.5, 0.6) is 11.5 Å². The van der Waals surface area contributed by atoms with Gasteiger partial charge in [-0.25, -0.2) is 8.42 Å². The zero-order valence-electron chi connectivity index (χ0n) is 28.3. The second-order valence-electron chi connectivity index (χ2n) is 12.6. The summed E-state index contributed by atoms with van der Waals surface area (Å²) in [6, 6.07) is 25.5. The molecule has 0 fully saturated rings. The Morgan fingerprint density at radius 3 is 2.06 bits per heavy atom. The summed E-state index contributed by atoms with van der Waals surface area (Å²) in [5.41, 5.74) is 3.94. The summed E-state index contributed by atoms with van der Waals surface area (Å²) in [5.74, 6) is 1.03. The van der Waals surface area contributed by atoms with Crippen molar-refractivity contribution in [2.75, 3.05) is 24.2 Å². The molecule has 1 aromatic heterocycles. The molecule has 0 aliphatic heterocycles. The van der Waals surface area contributed by atoms with E-state index in [2.05, 4.69) is 17.6 Å². The minimum atomic E-state index is -3.71. The van der Waals surface area contributed by atoms with Crippen molar-refractivity contribution in [3.8, 4) is 33.9 Å². The van der Waals surface area contributed by atoms with Crippen LogP contribution in [-0.2, 0) is 16.4 Å². The number of ether oxygens (including phenoxy) is 1. The molecule has 10 heteroatoms. The van der Waals surface area contributed by atoms with Gasteiger partial charge >= 0.3 is 0 Å². The summed E-state index contributed by atoms with van der Waals surface area (Å²) < 4.78 is 39.7. The Morgan fingerprint density at radius 1 is 0.854 bits per heavy atom. The van der Waals surface area contributed by atoms with Crippen LogP contribution < -0.4 is 19.7 Å². The van der Waals surface area contributed by atoms with Crippen LogP contribution in [0.1, 0.15) is 60.9 Å². The van der Waals surface area contributed by atoms with Gasteiger partial charge in [0, 0.05) is 47.3 Å². The SMILES string of the molecule is CCc1ccc(Oc2ccc(-c3oc4cc(N(CC)S(C)(=O)=O)c(-c5cccc(C(=O)NC(C)(C)C)c5)cc4c3C(=O)NC)cc2)cc1. The van der Waals surface area contributed by atoms with E-state index < -0.39 is 15.6 Å². The zero-order chi connectivity index (χ0) is 34.8. The third-order valence-electron chi connectivity index (χ3n) is 7.82. The van der Waals surface area contributed by atoms with E-state index in [-0.39, 0.29) is 18.4 Å². The number of benzene rings is 4. The van der Waals surface area contributed by atoms with E-state index in [0.29, 0.717) is 61.7 Å². The Balaban J connectivity index is 1.66. The van der Waals surface area contributed by atoms with Crippen LogP contribution in [0.4, 0.5) is 5.69 Å². The van der Waals surface area contributed by atoms with E-state index in [1.165, 1.54) is 9.87 Å². The molecule has 0 unspecified atom stereocenters. The first-order valence-corrected chi connectivity index (χ1v) is 17.7. The first-order chi connectivity index (χ1) is 22.7. The van der Waals surface area contributed by atoms with Crippen LogP contribution in [-0.4, -0.2) is 45.6 Å². The van der Waals surface area contributed by atoms with Crippen molar-refractivity contribution in [3.63, 3.8) is 0 Å². The smallest absolute Gasteiger partial charge is 0.255 e. The molecule has 0 spiro atoms. The van der Waals surface area contributed by atoms with Crippen LogP contribution in [0.3, 0.4) is 0 Å². The number of rotatable bonds is 10. The van der Waals surface area contributed by atoms with Crippen molar-refractivity contribution in [3.05, 3.63) is 102 Å². The van der Waals surface area contributed by atoms with Crippen LogP contribution in [0, 0.1) is 0 Å². The first kappa shape index (κ1) is 34.3. The normalized spacial score (nSPS) is 11.7. The molecule has 2 N–H and O–H groups in total. The molecule has 5 rings (SSSR count). The van der Waals surface area contributed by atoms with Gasteiger partial charge in [0.15, 0.2) is 0 Å². The topological polar surface area (TPSA) is 118 Å². The number of nitrogens with one attached hydrogen (secondary N) is 2. The average Bonchev–Trinajstić information content (AvgIpc) is 3.42. The standard InChI is InChI=1S/C38H41N3O6S/c1-8-24-13-17-28(18-14-24)46-29-19-15-25(16-20-29)35-34(37(43)39-6)31-22-30(32(23-33(31)47-35)41(9-2)48(7,44)45)26-11-10-12-27(21-26)36(42)40-38(3,4)5/h10-23H,8-9H2,1-7H3,(H,39,43)(H,40,42). The van der Waals surface area contributed by atoms with Crippen LogP contribution in [0.25, 0.3) is 33.4 Å². The van der Waals surface area contributed by atoms with Gasteiger partial charge in [0.1, 0.15) is 22.8 Å². The Kier molecular flexibility index (Phi) is 9.68. The Morgan fingerprint density at radius 2 is 1.50 bits per heavy atom. The van der Waals surface area contributed by atoms with Crippen molar-refractivity contribution in [2.45, 2.75) is 46.6 Å². The van der Waals surface area contributed by atoms with E-state index in [1.54, 1.807) is 56.4 Å². The second-order valence-corrected chi connectivity index (χ2v) is 14.5. The van der Waals surface area contributed by atoms with E-state index in [1.807, 2.05) is 63.2 Å². The first-order valence-electron chi connectivity index (χ1n) is 15.8. The van der Waals surface area contributed by atoms with Crippen molar-refractivity contribution < 1.29 is 27.2 Å². The van der Waals surface area contributed by atoms with Gasteiger partial charge in [0.2, 0.25) is 10.0 Å². The monoisotopic (exact) mass is 667 g/mol. The van der Waals surface area contributed by atoms with Crippen LogP contribution in [0.2, 0.25) is 0 Å².